The summed E-state index contributed by atoms with van der Waals surface area (Å²) in [6, 6.07) is 5.47. The Bertz CT molecular complexity index is 627. The molecule has 0 spiro atoms. The topological polar surface area (TPSA) is 72.1 Å². The SMILES string of the molecule is Nc1nnc(CN2C(=O)Cc3ccc(Cl)cc32)s1. The van der Waals surface area contributed by atoms with E-state index in [9.17, 15) is 4.79 Å². The lowest BCUT2D eigenvalue weighted by Gasteiger charge is -2.15. The first kappa shape index (κ1) is 11.4. The van der Waals surface area contributed by atoms with Gasteiger partial charge in [0.25, 0.3) is 0 Å². The number of rotatable bonds is 2. The number of hydrogen-bond acceptors (Lipinski definition) is 5. The molecule has 1 aliphatic heterocycles. The zero-order valence-electron chi connectivity index (χ0n) is 9.26. The van der Waals surface area contributed by atoms with Gasteiger partial charge in [-0.3, -0.25) is 4.79 Å². The Labute approximate surface area is 112 Å². The van der Waals surface area contributed by atoms with Crippen molar-refractivity contribution in [1.82, 2.24) is 10.2 Å². The molecule has 2 heterocycles. The number of amides is 1. The molecular formula is C11H9ClN4OS. The van der Waals surface area contributed by atoms with E-state index >= 15 is 0 Å². The second-order valence-electron chi connectivity index (χ2n) is 3.96. The van der Waals surface area contributed by atoms with Crippen LogP contribution in [0.1, 0.15) is 10.6 Å². The van der Waals surface area contributed by atoms with E-state index in [-0.39, 0.29) is 5.91 Å². The molecule has 2 aromatic rings. The van der Waals surface area contributed by atoms with E-state index in [4.69, 9.17) is 17.3 Å². The molecule has 0 unspecified atom stereocenters. The number of nitrogen functional groups attached to an aromatic ring is 1. The Morgan fingerprint density at radius 2 is 2.28 bits per heavy atom. The minimum absolute atomic E-state index is 0.0426. The minimum atomic E-state index is 0.0426. The summed E-state index contributed by atoms with van der Waals surface area (Å²) in [5, 5.41) is 9.40. The normalized spacial score (nSPS) is 14.1. The van der Waals surface area contributed by atoms with Gasteiger partial charge >= 0.3 is 0 Å². The van der Waals surface area contributed by atoms with Crippen molar-refractivity contribution in [3.63, 3.8) is 0 Å². The first-order valence-corrected chi connectivity index (χ1v) is 6.49. The Balaban J connectivity index is 1.93. The quantitative estimate of drug-likeness (QED) is 0.911. The molecule has 0 atom stereocenters. The van der Waals surface area contributed by atoms with Gasteiger partial charge in [0.15, 0.2) is 0 Å². The van der Waals surface area contributed by atoms with Gasteiger partial charge in [-0.2, -0.15) is 0 Å². The van der Waals surface area contributed by atoms with Crippen molar-refractivity contribution in [3.8, 4) is 0 Å². The molecule has 0 saturated carbocycles. The van der Waals surface area contributed by atoms with Crippen molar-refractivity contribution in [3.05, 3.63) is 33.8 Å². The predicted octanol–water partition coefficient (Wildman–Crippen LogP) is 1.86. The predicted molar refractivity (Wildman–Crippen MR) is 70.7 cm³/mol. The molecule has 92 valence electrons. The maximum Gasteiger partial charge on any atom is 0.231 e. The standard InChI is InChI=1S/C11H9ClN4OS/c12-7-2-1-6-3-10(17)16(8(6)4-7)5-9-14-15-11(13)18-9/h1-2,4H,3,5H2,(H2,13,15). The molecule has 0 bridgehead atoms. The molecule has 1 amide bonds. The van der Waals surface area contributed by atoms with E-state index in [0.717, 1.165) is 11.3 Å². The van der Waals surface area contributed by atoms with E-state index < -0.39 is 0 Å². The van der Waals surface area contributed by atoms with Gasteiger partial charge in [0.05, 0.1) is 13.0 Å². The maximum atomic E-state index is 12.0. The summed E-state index contributed by atoms with van der Waals surface area (Å²) in [7, 11) is 0. The van der Waals surface area contributed by atoms with Crippen LogP contribution in [0.15, 0.2) is 18.2 Å². The maximum absolute atomic E-state index is 12.0. The monoisotopic (exact) mass is 280 g/mol. The highest BCUT2D eigenvalue weighted by molar-refractivity contribution is 7.15. The fourth-order valence-electron chi connectivity index (χ4n) is 1.97. The van der Waals surface area contributed by atoms with Crippen LogP contribution >= 0.6 is 22.9 Å². The number of hydrogen-bond donors (Lipinski definition) is 1. The van der Waals surface area contributed by atoms with E-state index in [1.54, 1.807) is 17.0 Å². The molecule has 1 aromatic carbocycles. The molecule has 0 aliphatic carbocycles. The molecular weight excluding hydrogens is 272 g/mol. The van der Waals surface area contributed by atoms with Crippen molar-refractivity contribution in [2.24, 2.45) is 0 Å². The molecule has 0 radical (unpaired) electrons. The number of fused-ring (bicyclic) bond motifs is 1. The number of anilines is 2. The lowest BCUT2D eigenvalue weighted by atomic mass is 10.2. The molecule has 1 aliphatic rings. The number of nitrogens with two attached hydrogens (primary N) is 1. The van der Waals surface area contributed by atoms with Crippen LogP contribution in [0.3, 0.4) is 0 Å². The lowest BCUT2D eigenvalue weighted by Crippen LogP contribution is -2.25. The van der Waals surface area contributed by atoms with Crippen LogP contribution in [0, 0.1) is 0 Å². The second kappa shape index (κ2) is 4.22. The number of benzene rings is 1. The van der Waals surface area contributed by atoms with Crippen LogP contribution in [-0.4, -0.2) is 16.1 Å². The number of aromatic nitrogens is 2. The summed E-state index contributed by atoms with van der Waals surface area (Å²) in [4.78, 5) is 13.6. The lowest BCUT2D eigenvalue weighted by molar-refractivity contribution is -0.117. The number of carbonyl (C=O) groups is 1. The van der Waals surface area contributed by atoms with Crippen LogP contribution in [0.2, 0.25) is 5.02 Å². The third kappa shape index (κ3) is 1.93. The summed E-state index contributed by atoms with van der Waals surface area (Å²) in [6.07, 6.45) is 0.404. The van der Waals surface area contributed by atoms with Gasteiger partial charge in [-0.15, -0.1) is 10.2 Å². The third-order valence-electron chi connectivity index (χ3n) is 2.76. The number of carbonyl (C=O) groups excluding carboxylic acids is 1. The fraction of sp³-hybridized carbons (Fsp3) is 0.182. The molecule has 0 fully saturated rings. The van der Waals surface area contributed by atoms with Gasteiger partial charge < -0.3 is 10.6 Å². The van der Waals surface area contributed by atoms with Crippen molar-refractivity contribution in [2.45, 2.75) is 13.0 Å². The van der Waals surface area contributed by atoms with Gasteiger partial charge in [0.2, 0.25) is 11.0 Å². The number of halogens is 1. The molecule has 3 rings (SSSR count). The number of nitrogens with zero attached hydrogens (tertiary/aromatic N) is 3. The van der Waals surface area contributed by atoms with Gasteiger partial charge in [-0.25, -0.2) is 0 Å². The van der Waals surface area contributed by atoms with Crippen molar-refractivity contribution in [1.29, 1.82) is 0 Å². The van der Waals surface area contributed by atoms with E-state index in [1.165, 1.54) is 11.3 Å². The molecule has 0 saturated heterocycles. The van der Waals surface area contributed by atoms with E-state index in [2.05, 4.69) is 10.2 Å². The van der Waals surface area contributed by atoms with Gasteiger partial charge in [0.1, 0.15) is 5.01 Å². The highest BCUT2D eigenvalue weighted by Crippen LogP contribution is 2.33. The fourth-order valence-corrected chi connectivity index (χ4v) is 2.73. The van der Waals surface area contributed by atoms with Crippen LogP contribution in [0.25, 0.3) is 0 Å². The Morgan fingerprint density at radius 1 is 1.44 bits per heavy atom. The smallest absolute Gasteiger partial charge is 0.231 e. The summed E-state index contributed by atoms with van der Waals surface area (Å²) >= 11 is 7.24. The average Bonchev–Trinajstić information content (AvgIpc) is 2.86. The van der Waals surface area contributed by atoms with E-state index in [1.807, 2.05) is 6.07 Å². The summed E-state index contributed by atoms with van der Waals surface area (Å²) < 4.78 is 0. The first-order chi connectivity index (χ1) is 8.63. The van der Waals surface area contributed by atoms with Crippen molar-refractivity contribution >= 4 is 39.7 Å². The zero-order chi connectivity index (χ0) is 12.7. The second-order valence-corrected chi connectivity index (χ2v) is 5.49. The molecule has 7 heteroatoms. The van der Waals surface area contributed by atoms with Crippen molar-refractivity contribution in [2.75, 3.05) is 10.6 Å². The molecule has 1 aromatic heterocycles. The molecule has 5 nitrogen and oxygen atoms in total. The third-order valence-corrected chi connectivity index (χ3v) is 3.73. The van der Waals surface area contributed by atoms with Crippen molar-refractivity contribution < 1.29 is 4.79 Å². The Hall–Kier alpha value is -1.66. The summed E-state index contributed by atoms with van der Waals surface area (Å²) in [5.41, 5.74) is 7.36. The van der Waals surface area contributed by atoms with Gasteiger partial charge in [-0.1, -0.05) is 29.0 Å². The Morgan fingerprint density at radius 3 is 3.00 bits per heavy atom. The minimum Gasteiger partial charge on any atom is -0.374 e. The molecule has 2 N–H and O–H groups in total. The zero-order valence-corrected chi connectivity index (χ0v) is 10.8. The highest BCUT2D eigenvalue weighted by Gasteiger charge is 2.28. The van der Waals surface area contributed by atoms with E-state index in [0.29, 0.717) is 28.1 Å². The largest absolute Gasteiger partial charge is 0.374 e. The van der Waals surface area contributed by atoms with Gasteiger partial charge in [-0.05, 0) is 17.7 Å². The van der Waals surface area contributed by atoms with Crippen LogP contribution in [0.4, 0.5) is 10.8 Å². The Kier molecular flexibility index (Phi) is 2.68. The van der Waals surface area contributed by atoms with Crippen LogP contribution in [0.5, 0.6) is 0 Å². The van der Waals surface area contributed by atoms with Crippen LogP contribution < -0.4 is 10.6 Å². The van der Waals surface area contributed by atoms with Crippen LogP contribution in [-0.2, 0) is 17.8 Å². The highest BCUT2D eigenvalue weighted by atomic mass is 35.5. The first-order valence-electron chi connectivity index (χ1n) is 5.30. The van der Waals surface area contributed by atoms with Gasteiger partial charge in [0, 0.05) is 10.7 Å². The summed E-state index contributed by atoms with van der Waals surface area (Å²) in [5.74, 6) is 0.0426. The molecule has 18 heavy (non-hydrogen) atoms. The average molecular weight is 281 g/mol. The summed E-state index contributed by atoms with van der Waals surface area (Å²) in [6.45, 7) is 0.390.